The van der Waals surface area contributed by atoms with Gasteiger partial charge in [0.25, 0.3) is 5.91 Å². The second-order valence-electron chi connectivity index (χ2n) is 1.60. The molecule has 0 bridgehead atoms. The highest BCUT2D eigenvalue weighted by atomic mass is 79.9. The molecule has 0 aromatic carbocycles. The van der Waals surface area contributed by atoms with E-state index in [1.54, 1.807) is 0 Å². The standard InChI is InChI=1S/C4H2Br2N2O2/c1-2-3(9)8(6)4(10)7(2)5/h1H2. The zero-order valence-corrected chi connectivity index (χ0v) is 7.85. The molecule has 6 heteroatoms. The van der Waals surface area contributed by atoms with E-state index in [9.17, 15) is 9.59 Å². The van der Waals surface area contributed by atoms with Gasteiger partial charge in [-0.2, -0.15) is 3.93 Å². The van der Waals surface area contributed by atoms with Crippen LogP contribution in [0.5, 0.6) is 0 Å². The minimum absolute atomic E-state index is 0.0990. The maximum absolute atomic E-state index is 10.8. The van der Waals surface area contributed by atoms with Crippen LogP contribution in [-0.2, 0) is 4.79 Å². The Kier molecular flexibility index (Phi) is 1.82. The summed E-state index contributed by atoms with van der Waals surface area (Å²) >= 11 is 5.59. The highest BCUT2D eigenvalue weighted by Gasteiger charge is 2.37. The minimum Gasteiger partial charge on any atom is -0.266 e. The van der Waals surface area contributed by atoms with E-state index >= 15 is 0 Å². The molecule has 0 aliphatic carbocycles. The van der Waals surface area contributed by atoms with Gasteiger partial charge in [-0.05, 0) is 0 Å². The van der Waals surface area contributed by atoms with Gasteiger partial charge in [0.05, 0.1) is 32.3 Å². The van der Waals surface area contributed by atoms with Crippen LogP contribution in [0.2, 0.25) is 0 Å². The van der Waals surface area contributed by atoms with Crippen LogP contribution in [0.15, 0.2) is 12.3 Å². The molecule has 3 amide bonds. The van der Waals surface area contributed by atoms with Gasteiger partial charge in [0.15, 0.2) is 0 Å². The Bertz CT molecular complexity index is 205. The summed E-state index contributed by atoms with van der Waals surface area (Å²) in [6.07, 6.45) is 0. The second kappa shape index (κ2) is 2.35. The Balaban J connectivity index is 3.00. The highest BCUT2D eigenvalue weighted by Crippen LogP contribution is 2.25. The van der Waals surface area contributed by atoms with Gasteiger partial charge in [0, 0.05) is 0 Å². The minimum atomic E-state index is -0.491. The Morgan fingerprint density at radius 1 is 1.20 bits per heavy atom. The molecule has 0 radical (unpaired) electrons. The van der Waals surface area contributed by atoms with Gasteiger partial charge >= 0.3 is 6.03 Å². The fraction of sp³-hybridized carbons (Fsp3) is 0. The average Bonchev–Trinajstić information content (AvgIpc) is 2.07. The number of halogens is 2. The molecule has 54 valence electrons. The fourth-order valence-electron chi connectivity index (χ4n) is 0.477. The molecule has 1 fully saturated rings. The van der Waals surface area contributed by atoms with E-state index in [4.69, 9.17) is 0 Å². The molecule has 1 aliphatic rings. The predicted molar refractivity (Wildman–Crippen MR) is 41.1 cm³/mol. The van der Waals surface area contributed by atoms with Gasteiger partial charge in [-0.3, -0.25) is 4.79 Å². The van der Waals surface area contributed by atoms with Gasteiger partial charge in [-0.25, -0.2) is 8.72 Å². The normalized spacial score (nSPS) is 19.2. The van der Waals surface area contributed by atoms with E-state index in [0.717, 1.165) is 7.85 Å². The van der Waals surface area contributed by atoms with Crippen molar-refractivity contribution in [3.8, 4) is 0 Å². The first kappa shape index (κ1) is 7.74. The Morgan fingerprint density at radius 3 is 1.80 bits per heavy atom. The number of rotatable bonds is 0. The van der Waals surface area contributed by atoms with Crippen LogP contribution < -0.4 is 0 Å². The lowest BCUT2D eigenvalue weighted by molar-refractivity contribution is -0.119. The molecule has 1 rings (SSSR count). The molecule has 4 nitrogen and oxygen atoms in total. The predicted octanol–water partition coefficient (Wildman–Crippen LogP) is 1.38. The maximum atomic E-state index is 10.8. The Labute approximate surface area is 74.1 Å². The monoisotopic (exact) mass is 268 g/mol. The third kappa shape index (κ3) is 0.873. The summed E-state index contributed by atoms with van der Waals surface area (Å²) in [6, 6.07) is -0.491. The summed E-state index contributed by atoms with van der Waals surface area (Å²) in [7, 11) is 0. The fourth-order valence-corrected chi connectivity index (χ4v) is 1.36. The summed E-state index contributed by atoms with van der Waals surface area (Å²) in [4.78, 5) is 21.6. The number of imide groups is 1. The summed E-state index contributed by atoms with van der Waals surface area (Å²) < 4.78 is 1.79. The van der Waals surface area contributed by atoms with Gasteiger partial charge in [0.2, 0.25) is 0 Å². The van der Waals surface area contributed by atoms with Crippen LogP contribution in [0.1, 0.15) is 0 Å². The third-order valence-electron chi connectivity index (χ3n) is 0.998. The number of carbonyl (C=O) groups excluding carboxylic acids is 2. The van der Waals surface area contributed by atoms with Crippen molar-refractivity contribution in [3.63, 3.8) is 0 Å². The number of nitrogens with zero attached hydrogens (tertiary/aromatic N) is 2. The molecule has 1 heterocycles. The van der Waals surface area contributed by atoms with Crippen molar-refractivity contribution in [3.05, 3.63) is 12.3 Å². The molecular formula is C4H2Br2N2O2. The zero-order valence-electron chi connectivity index (χ0n) is 4.67. The van der Waals surface area contributed by atoms with Gasteiger partial charge < -0.3 is 0 Å². The van der Waals surface area contributed by atoms with Crippen LogP contribution in [0, 0.1) is 0 Å². The van der Waals surface area contributed by atoms with Crippen LogP contribution in [0.3, 0.4) is 0 Å². The van der Waals surface area contributed by atoms with Gasteiger partial charge in [-0.1, -0.05) is 6.58 Å². The van der Waals surface area contributed by atoms with Crippen molar-refractivity contribution >= 4 is 44.2 Å². The van der Waals surface area contributed by atoms with E-state index in [2.05, 4.69) is 38.9 Å². The largest absolute Gasteiger partial charge is 0.352 e. The highest BCUT2D eigenvalue weighted by molar-refractivity contribution is 9.08. The lowest BCUT2D eigenvalue weighted by Crippen LogP contribution is -2.18. The first-order valence-electron chi connectivity index (χ1n) is 2.24. The number of amides is 3. The van der Waals surface area contributed by atoms with Crippen molar-refractivity contribution < 1.29 is 9.59 Å². The average molecular weight is 270 g/mol. The third-order valence-corrected chi connectivity index (χ3v) is 2.35. The van der Waals surface area contributed by atoms with Crippen LogP contribution in [0.4, 0.5) is 4.79 Å². The van der Waals surface area contributed by atoms with Crippen molar-refractivity contribution in [2.24, 2.45) is 0 Å². The van der Waals surface area contributed by atoms with E-state index < -0.39 is 11.9 Å². The summed E-state index contributed by atoms with van der Waals surface area (Å²) in [6.45, 7) is 3.35. The lowest BCUT2D eigenvalue weighted by Gasteiger charge is -2.00. The summed E-state index contributed by atoms with van der Waals surface area (Å²) in [5, 5.41) is 0. The van der Waals surface area contributed by atoms with Crippen LogP contribution >= 0.6 is 32.3 Å². The SMILES string of the molecule is C=C1C(=O)N(Br)C(=O)N1Br. The first-order valence-corrected chi connectivity index (χ1v) is 3.66. The number of carbonyl (C=O) groups is 2. The Morgan fingerprint density at radius 2 is 1.70 bits per heavy atom. The first-order chi connectivity index (χ1) is 4.55. The van der Waals surface area contributed by atoms with Crippen molar-refractivity contribution in [1.29, 1.82) is 0 Å². The molecule has 0 unspecified atom stereocenters. The van der Waals surface area contributed by atoms with Gasteiger partial charge in [0.1, 0.15) is 5.70 Å². The number of urea groups is 1. The van der Waals surface area contributed by atoms with E-state index in [-0.39, 0.29) is 5.70 Å². The number of hydrogen-bond donors (Lipinski definition) is 0. The Hall–Kier alpha value is -0.360. The van der Waals surface area contributed by atoms with Crippen LogP contribution in [-0.4, -0.2) is 19.8 Å². The van der Waals surface area contributed by atoms with E-state index in [0.29, 0.717) is 0 Å². The molecule has 1 aliphatic heterocycles. The van der Waals surface area contributed by atoms with Crippen molar-refractivity contribution in [1.82, 2.24) is 7.85 Å². The quantitative estimate of drug-likeness (QED) is 0.379. The van der Waals surface area contributed by atoms with E-state index in [1.165, 1.54) is 0 Å². The molecule has 0 N–H and O–H groups in total. The smallest absolute Gasteiger partial charge is 0.266 e. The van der Waals surface area contributed by atoms with Crippen molar-refractivity contribution in [2.75, 3.05) is 0 Å². The lowest BCUT2D eigenvalue weighted by atomic mass is 10.5. The summed E-state index contributed by atoms with van der Waals surface area (Å²) in [5.41, 5.74) is 0.0990. The molecule has 0 aromatic heterocycles. The molecule has 0 aromatic rings. The molecule has 0 saturated carbocycles. The molecule has 0 spiro atoms. The van der Waals surface area contributed by atoms with Crippen molar-refractivity contribution in [2.45, 2.75) is 0 Å². The maximum Gasteiger partial charge on any atom is 0.352 e. The molecule has 0 atom stereocenters. The van der Waals surface area contributed by atoms with Crippen LogP contribution in [0.25, 0.3) is 0 Å². The molecular weight excluding hydrogens is 268 g/mol. The molecule has 1 saturated heterocycles. The van der Waals surface area contributed by atoms with E-state index in [1.807, 2.05) is 0 Å². The second-order valence-corrected chi connectivity index (χ2v) is 3.01. The topological polar surface area (TPSA) is 40.6 Å². The number of hydrogen-bond acceptors (Lipinski definition) is 2. The summed E-state index contributed by atoms with van der Waals surface area (Å²) in [5.74, 6) is -0.457. The zero-order chi connectivity index (χ0) is 7.89. The van der Waals surface area contributed by atoms with Gasteiger partial charge in [-0.15, -0.1) is 0 Å². The molecule has 10 heavy (non-hydrogen) atoms.